The maximum atomic E-state index is 12.0. The molecule has 1 atom stereocenters. The van der Waals surface area contributed by atoms with Gasteiger partial charge in [0, 0.05) is 18.8 Å². The molecule has 2 rings (SSSR count). The molecule has 2 amide bonds. The Labute approximate surface area is 125 Å². The summed E-state index contributed by atoms with van der Waals surface area (Å²) >= 11 is 0. The first-order valence-electron chi connectivity index (χ1n) is 6.87. The zero-order valence-electron chi connectivity index (χ0n) is 11.8. The van der Waals surface area contributed by atoms with E-state index < -0.39 is 18.9 Å². The van der Waals surface area contributed by atoms with Crippen molar-refractivity contribution in [1.82, 2.24) is 4.90 Å². The molecule has 0 bridgehead atoms. The lowest BCUT2D eigenvalue weighted by Crippen LogP contribution is -2.44. The van der Waals surface area contributed by atoms with Gasteiger partial charge in [-0.15, -0.1) is 0 Å². The van der Waals surface area contributed by atoms with Gasteiger partial charge in [0.1, 0.15) is 5.75 Å². The van der Waals surface area contributed by atoms with Crippen LogP contribution in [0.1, 0.15) is 12.8 Å². The summed E-state index contributed by atoms with van der Waals surface area (Å²) in [4.78, 5) is 13.5. The molecule has 1 aliphatic rings. The van der Waals surface area contributed by atoms with Crippen molar-refractivity contribution in [1.29, 1.82) is 0 Å². The predicted octanol–water partition coefficient (Wildman–Crippen LogP) is 2.62. The van der Waals surface area contributed by atoms with E-state index in [2.05, 4.69) is 10.1 Å². The Balaban J connectivity index is 1.86. The van der Waals surface area contributed by atoms with Crippen molar-refractivity contribution >= 4 is 11.7 Å². The molecule has 5 nitrogen and oxygen atoms in total. The Kier molecular flexibility index (Phi) is 5.12. The number of rotatable bonds is 3. The van der Waals surface area contributed by atoms with E-state index >= 15 is 0 Å². The highest BCUT2D eigenvalue weighted by Gasteiger charge is 2.28. The average molecular weight is 318 g/mol. The van der Waals surface area contributed by atoms with E-state index in [1.165, 1.54) is 29.2 Å². The van der Waals surface area contributed by atoms with Gasteiger partial charge in [-0.3, -0.25) is 0 Å². The van der Waals surface area contributed by atoms with Crippen LogP contribution in [0.3, 0.4) is 0 Å². The molecule has 0 spiro atoms. The van der Waals surface area contributed by atoms with Crippen molar-refractivity contribution < 1.29 is 27.8 Å². The van der Waals surface area contributed by atoms with Gasteiger partial charge < -0.3 is 20.1 Å². The van der Waals surface area contributed by atoms with Gasteiger partial charge in [0.2, 0.25) is 0 Å². The summed E-state index contributed by atoms with van der Waals surface area (Å²) in [6, 6.07) is 5.29. The van der Waals surface area contributed by atoms with Crippen LogP contribution in [0.25, 0.3) is 0 Å². The number of halogens is 3. The number of piperidine rings is 1. The number of aliphatic hydroxyl groups excluding tert-OH is 1. The second-order valence-corrected chi connectivity index (χ2v) is 5.10. The number of carbonyl (C=O) groups excluding carboxylic acids is 1. The molecule has 1 heterocycles. The summed E-state index contributed by atoms with van der Waals surface area (Å²) < 4.78 is 40.6. The third-order valence-corrected chi connectivity index (χ3v) is 3.19. The molecule has 0 aliphatic carbocycles. The SMILES string of the molecule is O=C(Nc1ccc(OCC(F)(F)F)cc1)N1CCCC(O)C1. The highest BCUT2D eigenvalue weighted by molar-refractivity contribution is 5.89. The third-order valence-electron chi connectivity index (χ3n) is 3.19. The third kappa shape index (κ3) is 5.10. The van der Waals surface area contributed by atoms with Crippen LogP contribution in [0.15, 0.2) is 24.3 Å². The Hall–Kier alpha value is -1.96. The van der Waals surface area contributed by atoms with E-state index in [0.717, 1.165) is 6.42 Å². The van der Waals surface area contributed by atoms with Crippen molar-refractivity contribution in [2.75, 3.05) is 25.0 Å². The van der Waals surface area contributed by atoms with E-state index in [-0.39, 0.29) is 18.3 Å². The number of aliphatic hydroxyl groups is 1. The van der Waals surface area contributed by atoms with Crippen molar-refractivity contribution in [3.8, 4) is 5.75 Å². The maximum absolute atomic E-state index is 12.0. The summed E-state index contributed by atoms with van der Waals surface area (Å²) in [6.45, 7) is -0.515. The topological polar surface area (TPSA) is 61.8 Å². The summed E-state index contributed by atoms with van der Waals surface area (Å²) in [7, 11) is 0. The lowest BCUT2D eigenvalue weighted by molar-refractivity contribution is -0.153. The Morgan fingerprint density at radius 2 is 2.05 bits per heavy atom. The van der Waals surface area contributed by atoms with Gasteiger partial charge in [-0.1, -0.05) is 0 Å². The first-order valence-corrected chi connectivity index (χ1v) is 6.87. The first-order chi connectivity index (χ1) is 10.3. The number of hydrogen-bond acceptors (Lipinski definition) is 3. The van der Waals surface area contributed by atoms with Crippen LogP contribution in [-0.2, 0) is 0 Å². The smallest absolute Gasteiger partial charge is 0.422 e. The summed E-state index contributed by atoms with van der Waals surface area (Å²) in [5, 5.41) is 12.2. The number of anilines is 1. The van der Waals surface area contributed by atoms with Gasteiger partial charge in [-0.2, -0.15) is 13.2 Å². The molecule has 0 radical (unpaired) electrons. The van der Waals surface area contributed by atoms with Crippen LogP contribution in [0.4, 0.5) is 23.7 Å². The summed E-state index contributed by atoms with van der Waals surface area (Å²) in [6.07, 6.45) is -3.49. The molecule has 1 aromatic carbocycles. The van der Waals surface area contributed by atoms with Crippen LogP contribution in [-0.4, -0.2) is 48.0 Å². The fourth-order valence-corrected chi connectivity index (χ4v) is 2.14. The fourth-order valence-electron chi connectivity index (χ4n) is 2.14. The second kappa shape index (κ2) is 6.87. The minimum absolute atomic E-state index is 0.0729. The predicted molar refractivity (Wildman–Crippen MR) is 73.8 cm³/mol. The number of likely N-dealkylation sites (tertiary alicyclic amines) is 1. The van der Waals surface area contributed by atoms with E-state index in [1.54, 1.807) is 0 Å². The summed E-state index contributed by atoms with van der Waals surface area (Å²) in [5.74, 6) is 0.0729. The highest BCUT2D eigenvalue weighted by Crippen LogP contribution is 2.20. The van der Waals surface area contributed by atoms with Crippen LogP contribution in [0, 0.1) is 0 Å². The number of amides is 2. The van der Waals surface area contributed by atoms with Gasteiger partial charge in [0.05, 0.1) is 6.10 Å². The van der Waals surface area contributed by atoms with Gasteiger partial charge in [0.25, 0.3) is 0 Å². The molecule has 22 heavy (non-hydrogen) atoms. The highest BCUT2D eigenvalue weighted by atomic mass is 19.4. The number of nitrogens with zero attached hydrogens (tertiary/aromatic N) is 1. The molecule has 1 unspecified atom stereocenters. The van der Waals surface area contributed by atoms with Gasteiger partial charge >= 0.3 is 12.2 Å². The number of β-amino-alcohol motifs (C(OH)–C–C–N with tert-alkyl or cyclic N) is 1. The molecule has 1 aliphatic heterocycles. The summed E-state index contributed by atoms with van der Waals surface area (Å²) in [5.41, 5.74) is 0.449. The Morgan fingerprint density at radius 3 is 2.64 bits per heavy atom. The lowest BCUT2D eigenvalue weighted by atomic mass is 10.1. The molecule has 122 valence electrons. The number of ether oxygens (including phenoxy) is 1. The number of nitrogens with one attached hydrogen (secondary N) is 1. The minimum atomic E-state index is -4.39. The van der Waals surface area contributed by atoms with Gasteiger partial charge in [-0.25, -0.2) is 4.79 Å². The van der Waals surface area contributed by atoms with Crippen LogP contribution < -0.4 is 10.1 Å². The molecule has 2 N–H and O–H groups in total. The van der Waals surface area contributed by atoms with Crippen molar-refractivity contribution in [3.05, 3.63) is 24.3 Å². The number of alkyl halides is 3. The number of carbonyl (C=O) groups is 1. The van der Waals surface area contributed by atoms with Crippen molar-refractivity contribution in [3.63, 3.8) is 0 Å². The molecule has 0 aromatic heterocycles. The van der Waals surface area contributed by atoms with Gasteiger partial charge in [0.15, 0.2) is 6.61 Å². The average Bonchev–Trinajstić information content (AvgIpc) is 2.46. The van der Waals surface area contributed by atoms with Crippen molar-refractivity contribution in [2.45, 2.75) is 25.1 Å². The largest absolute Gasteiger partial charge is 0.484 e. The molecule has 1 saturated heterocycles. The molecule has 1 aromatic rings. The lowest BCUT2D eigenvalue weighted by Gasteiger charge is -2.30. The van der Waals surface area contributed by atoms with Crippen LogP contribution in [0.5, 0.6) is 5.75 Å². The normalized spacial score (nSPS) is 18.9. The van der Waals surface area contributed by atoms with Crippen molar-refractivity contribution in [2.24, 2.45) is 0 Å². The number of hydrogen-bond donors (Lipinski definition) is 2. The maximum Gasteiger partial charge on any atom is 0.422 e. The zero-order chi connectivity index (χ0) is 16.2. The standard InChI is InChI=1S/C14H17F3N2O3/c15-14(16,17)9-22-12-5-3-10(4-6-12)18-13(21)19-7-1-2-11(20)8-19/h3-6,11,20H,1-2,7-9H2,(H,18,21). The number of benzene rings is 1. The zero-order valence-corrected chi connectivity index (χ0v) is 11.8. The van der Waals surface area contributed by atoms with E-state index in [0.29, 0.717) is 18.7 Å². The molecule has 1 fully saturated rings. The second-order valence-electron chi connectivity index (χ2n) is 5.10. The molecular weight excluding hydrogens is 301 g/mol. The molecule has 8 heteroatoms. The quantitative estimate of drug-likeness (QED) is 0.900. The minimum Gasteiger partial charge on any atom is -0.484 e. The number of urea groups is 1. The molecule has 0 saturated carbocycles. The molecular formula is C14H17F3N2O3. The van der Waals surface area contributed by atoms with Crippen LogP contribution >= 0.6 is 0 Å². The Bertz CT molecular complexity index is 505. The van der Waals surface area contributed by atoms with E-state index in [1.807, 2.05) is 0 Å². The van der Waals surface area contributed by atoms with Crippen LogP contribution in [0.2, 0.25) is 0 Å². The van der Waals surface area contributed by atoms with Gasteiger partial charge in [-0.05, 0) is 37.1 Å². The van der Waals surface area contributed by atoms with E-state index in [9.17, 15) is 23.1 Å². The van der Waals surface area contributed by atoms with E-state index in [4.69, 9.17) is 0 Å². The fraction of sp³-hybridized carbons (Fsp3) is 0.500. The Morgan fingerprint density at radius 1 is 1.36 bits per heavy atom. The first kappa shape index (κ1) is 16.4. The monoisotopic (exact) mass is 318 g/mol.